The summed E-state index contributed by atoms with van der Waals surface area (Å²) in [6.07, 6.45) is 5.26. The molecular weight excluding hydrogens is 150 g/mol. The van der Waals surface area contributed by atoms with Gasteiger partial charge in [0.25, 0.3) is 0 Å². The Bertz CT molecular complexity index is 246. The molecule has 0 aliphatic rings. The van der Waals surface area contributed by atoms with E-state index in [2.05, 4.69) is 28.4 Å². The van der Waals surface area contributed by atoms with Gasteiger partial charge in [0.05, 0.1) is 0 Å². The summed E-state index contributed by atoms with van der Waals surface area (Å²) in [5.41, 5.74) is 0.889. The third kappa shape index (κ3) is 3.05. The lowest BCUT2D eigenvalue weighted by Crippen LogP contribution is -1.95. The molecule has 0 fully saturated rings. The monoisotopic (exact) mass is 163 g/mol. The lowest BCUT2D eigenvalue weighted by molar-refractivity contribution is 1.39. The summed E-state index contributed by atoms with van der Waals surface area (Å²) in [7, 11) is 1.67. The molecule has 0 atom stereocenters. The van der Waals surface area contributed by atoms with E-state index in [1.54, 1.807) is 19.3 Å². The minimum atomic E-state index is 0.609. The van der Waals surface area contributed by atoms with E-state index < -0.39 is 0 Å². The van der Waals surface area contributed by atoms with Crippen LogP contribution in [-0.4, -0.2) is 26.3 Å². The van der Waals surface area contributed by atoms with Gasteiger partial charge in [0.15, 0.2) is 5.84 Å². The first-order chi connectivity index (χ1) is 5.79. The average molecular weight is 163 g/mol. The van der Waals surface area contributed by atoms with Gasteiger partial charge < -0.3 is 0 Å². The van der Waals surface area contributed by atoms with E-state index in [9.17, 15) is 0 Å². The van der Waals surface area contributed by atoms with Crippen molar-refractivity contribution in [2.75, 3.05) is 7.05 Å². The van der Waals surface area contributed by atoms with Crippen LogP contribution in [0.2, 0.25) is 0 Å². The van der Waals surface area contributed by atoms with Crippen LogP contribution in [0.25, 0.3) is 0 Å². The van der Waals surface area contributed by atoms with Crippen LogP contribution in [0.1, 0.15) is 6.92 Å². The highest BCUT2D eigenvalue weighted by Gasteiger charge is 1.96. The molecule has 64 valence electrons. The molecule has 0 radical (unpaired) electrons. The Morgan fingerprint density at radius 2 is 2.00 bits per heavy atom. The standard InChI is InChI=1S/C9H13N3/c1-5-8(6-7-10-2)9(11-3)12-4/h5-7H,2-3H2,1,4H3/b7-6-,8-5+,12-9?. The van der Waals surface area contributed by atoms with Crippen molar-refractivity contribution in [2.24, 2.45) is 15.0 Å². The molecule has 0 amide bonds. The fourth-order valence-corrected chi connectivity index (χ4v) is 0.724. The molecule has 0 rings (SSSR count). The number of aliphatic imine (C=N–C) groups is 3. The Morgan fingerprint density at radius 3 is 2.33 bits per heavy atom. The van der Waals surface area contributed by atoms with Crippen LogP contribution < -0.4 is 0 Å². The Balaban J connectivity index is 4.68. The minimum Gasteiger partial charge on any atom is -0.272 e. The van der Waals surface area contributed by atoms with Crippen molar-refractivity contribution < 1.29 is 0 Å². The summed E-state index contributed by atoms with van der Waals surface area (Å²) in [4.78, 5) is 11.3. The van der Waals surface area contributed by atoms with Crippen molar-refractivity contribution in [3.05, 3.63) is 23.9 Å². The number of amidine groups is 1. The Hall–Kier alpha value is -1.51. The van der Waals surface area contributed by atoms with Gasteiger partial charge in [-0.05, 0) is 26.4 Å². The Labute approximate surface area is 73.0 Å². The average Bonchev–Trinajstić information content (AvgIpc) is 2.12. The number of nitrogens with zero attached hydrogens (tertiary/aromatic N) is 3. The van der Waals surface area contributed by atoms with Gasteiger partial charge in [-0.1, -0.05) is 6.08 Å². The van der Waals surface area contributed by atoms with Gasteiger partial charge >= 0.3 is 0 Å². The summed E-state index contributed by atoms with van der Waals surface area (Å²) >= 11 is 0. The first kappa shape index (κ1) is 10.5. The number of allylic oxidation sites excluding steroid dienone is 1. The zero-order chi connectivity index (χ0) is 9.40. The second-order valence-corrected chi connectivity index (χ2v) is 1.95. The highest BCUT2D eigenvalue weighted by molar-refractivity contribution is 6.03. The van der Waals surface area contributed by atoms with Gasteiger partial charge in [0.1, 0.15) is 0 Å². The van der Waals surface area contributed by atoms with Gasteiger partial charge in [-0.25, -0.2) is 4.99 Å². The van der Waals surface area contributed by atoms with Crippen molar-refractivity contribution in [1.29, 1.82) is 0 Å². The van der Waals surface area contributed by atoms with E-state index >= 15 is 0 Å². The van der Waals surface area contributed by atoms with Crippen molar-refractivity contribution >= 4 is 19.3 Å². The molecule has 0 N–H and O–H groups in total. The quantitative estimate of drug-likeness (QED) is 0.346. The predicted octanol–water partition coefficient (Wildman–Crippen LogP) is 1.88. The summed E-state index contributed by atoms with van der Waals surface area (Å²) in [5, 5.41) is 0. The topological polar surface area (TPSA) is 37.1 Å². The molecule has 3 heteroatoms. The predicted molar refractivity (Wildman–Crippen MR) is 55.4 cm³/mol. The van der Waals surface area contributed by atoms with Crippen LogP contribution in [0, 0.1) is 0 Å². The van der Waals surface area contributed by atoms with Gasteiger partial charge in [-0.2, -0.15) is 0 Å². The van der Waals surface area contributed by atoms with Gasteiger partial charge in [-0.15, -0.1) is 0 Å². The van der Waals surface area contributed by atoms with Crippen molar-refractivity contribution in [2.45, 2.75) is 6.92 Å². The van der Waals surface area contributed by atoms with Crippen molar-refractivity contribution in [1.82, 2.24) is 0 Å². The summed E-state index contributed by atoms with van der Waals surface area (Å²) in [5.74, 6) is 0.609. The molecule has 3 nitrogen and oxygen atoms in total. The van der Waals surface area contributed by atoms with Crippen LogP contribution in [0.15, 0.2) is 38.9 Å². The normalized spacial score (nSPS) is 13.5. The summed E-state index contributed by atoms with van der Waals surface area (Å²) in [6.45, 7) is 8.64. The second-order valence-electron chi connectivity index (χ2n) is 1.95. The van der Waals surface area contributed by atoms with Crippen LogP contribution in [0.5, 0.6) is 0 Å². The molecule has 0 bridgehead atoms. The molecule has 0 aromatic heterocycles. The lowest BCUT2D eigenvalue weighted by Gasteiger charge is -1.97. The first-order valence-electron chi connectivity index (χ1n) is 3.52. The maximum atomic E-state index is 3.94. The third-order valence-corrected chi connectivity index (χ3v) is 1.29. The SMILES string of the molecule is C=N/C=C\C(=C/C)C(N=C)=NC. The van der Waals surface area contributed by atoms with Gasteiger partial charge in [-0.3, -0.25) is 9.98 Å². The van der Waals surface area contributed by atoms with Crippen molar-refractivity contribution in [3.8, 4) is 0 Å². The third-order valence-electron chi connectivity index (χ3n) is 1.29. The second kappa shape index (κ2) is 6.22. The summed E-state index contributed by atoms with van der Waals surface area (Å²) < 4.78 is 0. The molecule has 0 aromatic rings. The highest BCUT2D eigenvalue weighted by Crippen LogP contribution is 2.01. The van der Waals surface area contributed by atoms with Crippen LogP contribution in [0.4, 0.5) is 0 Å². The molecule has 0 unspecified atom stereocenters. The van der Waals surface area contributed by atoms with E-state index in [0.717, 1.165) is 5.57 Å². The largest absolute Gasteiger partial charge is 0.272 e. The molecule has 0 saturated heterocycles. The smallest absolute Gasteiger partial charge is 0.153 e. The summed E-state index contributed by atoms with van der Waals surface area (Å²) in [6, 6.07) is 0. The van der Waals surface area contributed by atoms with Crippen LogP contribution >= 0.6 is 0 Å². The lowest BCUT2D eigenvalue weighted by atomic mass is 10.2. The molecule has 0 saturated carbocycles. The fraction of sp³-hybridized carbons (Fsp3) is 0.222. The number of rotatable bonds is 3. The highest BCUT2D eigenvalue weighted by atomic mass is 14.9. The zero-order valence-electron chi connectivity index (χ0n) is 7.49. The first-order valence-corrected chi connectivity index (χ1v) is 3.52. The molecule has 0 heterocycles. The van der Waals surface area contributed by atoms with E-state index in [-0.39, 0.29) is 0 Å². The van der Waals surface area contributed by atoms with Gasteiger partial charge in [0.2, 0.25) is 0 Å². The molecular formula is C9H13N3. The molecule has 0 spiro atoms. The maximum Gasteiger partial charge on any atom is 0.153 e. The fourth-order valence-electron chi connectivity index (χ4n) is 0.724. The number of hydrogen-bond acceptors (Lipinski definition) is 2. The van der Waals surface area contributed by atoms with Gasteiger partial charge in [0, 0.05) is 18.8 Å². The molecule has 0 aliphatic carbocycles. The van der Waals surface area contributed by atoms with Crippen LogP contribution in [-0.2, 0) is 0 Å². The molecule has 12 heavy (non-hydrogen) atoms. The zero-order valence-corrected chi connectivity index (χ0v) is 7.49. The Morgan fingerprint density at radius 1 is 1.33 bits per heavy atom. The van der Waals surface area contributed by atoms with Crippen LogP contribution in [0.3, 0.4) is 0 Å². The van der Waals surface area contributed by atoms with Crippen molar-refractivity contribution in [3.63, 3.8) is 0 Å². The van der Waals surface area contributed by atoms with E-state index in [1.807, 2.05) is 13.0 Å². The maximum absolute atomic E-state index is 3.94. The molecule has 0 aromatic carbocycles. The Kier molecular flexibility index (Phi) is 5.43. The minimum absolute atomic E-state index is 0.609. The van der Waals surface area contributed by atoms with E-state index in [1.165, 1.54) is 0 Å². The molecule has 0 aliphatic heterocycles. The van der Waals surface area contributed by atoms with E-state index in [0.29, 0.717) is 5.84 Å². The van der Waals surface area contributed by atoms with E-state index in [4.69, 9.17) is 0 Å². The number of hydrogen-bond donors (Lipinski definition) is 0.